The van der Waals surface area contributed by atoms with Gasteiger partial charge >= 0.3 is 12.1 Å². The van der Waals surface area contributed by atoms with Crippen molar-refractivity contribution in [3.8, 4) is 5.75 Å². The highest BCUT2D eigenvalue weighted by Crippen LogP contribution is 2.25. The Morgan fingerprint density at radius 2 is 1.51 bits per heavy atom. The summed E-state index contributed by atoms with van der Waals surface area (Å²) in [6.07, 6.45) is 2.65. The second kappa shape index (κ2) is 12.3. The molecule has 2 aromatic rings. The molecule has 37 heavy (non-hydrogen) atoms. The van der Waals surface area contributed by atoms with Crippen LogP contribution in [-0.2, 0) is 16.6 Å². The van der Waals surface area contributed by atoms with Crippen LogP contribution in [0.15, 0.2) is 48.5 Å². The number of carbonyl (C=O) groups is 2. The van der Waals surface area contributed by atoms with Crippen LogP contribution in [0.1, 0.15) is 65.5 Å². The molecule has 0 spiro atoms. The number of nitrogens with zero attached hydrogens (tertiary/aromatic N) is 2. The minimum absolute atomic E-state index is 0.113. The number of piperazine rings is 1. The highest BCUT2D eigenvalue weighted by molar-refractivity contribution is 5.89. The van der Waals surface area contributed by atoms with Crippen LogP contribution in [0.3, 0.4) is 0 Å². The number of hydrogen-bond acceptors (Lipinski definition) is 4. The van der Waals surface area contributed by atoms with Gasteiger partial charge in [0.2, 0.25) is 0 Å². The molecule has 1 aliphatic heterocycles. The normalized spacial score (nSPS) is 14.3. The third-order valence-electron chi connectivity index (χ3n) is 6.25. The van der Waals surface area contributed by atoms with E-state index in [0.717, 1.165) is 30.7 Å². The molecule has 0 unspecified atom stereocenters. The van der Waals surface area contributed by atoms with E-state index in [-0.39, 0.29) is 17.5 Å². The van der Waals surface area contributed by atoms with Gasteiger partial charge in [0.1, 0.15) is 11.4 Å². The zero-order valence-corrected chi connectivity index (χ0v) is 23.3. The van der Waals surface area contributed by atoms with Gasteiger partial charge in [-0.05, 0) is 80.8 Å². The largest absolute Gasteiger partial charge is 0.494 e. The molecule has 0 bridgehead atoms. The Hall–Kier alpha value is -3.22. The van der Waals surface area contributed by atoms with Crippen molar-refractivity contribution in [1.82, 2.24) is 9.80 Å². The first-order valence-corrected chi connectivity index (χ1v) is 13.3. The lowest BCUT2D eigenvalue weighted by Crippen LogP contribution is -2.52. The van der Waals surface area contributed by atoms with E-state index < -0.39 is 5.60 Å². The number of nitrogens with one attached hydrogen (secondary N) is 1. The van der Waals surface area contributed by atoms with E-state index in [9.17, 15) is 9.59 Å². The molecule has 3 rings (SSSR count). The van der Waals surface area contributed by atoms with Crippen LogP contribution in [0.5, 0.6) is 5.75 Å². The van der Waals surface area contributed by atoms with E-state index >= 15 is 0 Å². The summed E-state index contributed by atoms with van der Waals surface area (Å²) in [4.78, 5) is 28.3. The van der Waals surface area contributed by atoms with Gasteiger partial charge in [-0.2, -0.15) is 0 Å². The molecule has 7 nitrogen and oxygen atoms in total. The summed E-state index contributed by atoms with van der Waals surface area (Å²) < 4.78 is 11.4. The first-order chi connectivity index (χ1) is 17.4. The number of anilines is 1. The van der Waals surface area contributed by atoms with Crippen molar-refractivity contribution in [2.75, 3.05) is 38.1 Å². The topological polar surface area (TPSA) is 71.1 Å². The summed E-state index contributed by atoms with van der Waals surface area (Å²) in [5.41, 5.74) is 2.87. The summed E-state index contributed by atoms with van der Waals surface area (Å²) in [5, 5.41) is 2.96. The SMILES string of the molecule is CC(C)(C)OC(=O)N1CCN(C(=O)Nc2ccc(CCCCOc3cccc(C(C)(C)C)c3)cc2)CC1. The highest BCUT2D eigenvalue weighted by Gasteiger charge is 2.27. The number of benzene rings is 2. The number of ether oxygens (including phenoxy) is 2. The molecule has 202 valence electrons. The third kappa shape index (κ3) is 9.30. The lowest BCUT2D eigenvalue weighted by atomic mass is 9.87. The second-order valence-corrected chi connectivity index (χ2v) is 11.7. The average Bonchev–Trinajstić information content (AvgIpc) is 2.83. The lowest BCUT2D eigenvalue weighted by molar-refractivity contribution is 0.0174. The lowest BCUT2D eigenvalue weighted by Gasteiger charge is -2.35. The predicted molar refractivity (Wildman–Crippen MR) is 148 cm³/mol. The van der Waals surface area contributed by atoms with Gasteiger partial charge in [-0.1, -0.05) is 45.0 Å². The van der Waals surface area contributed by atoms with Gasteiger partial charge in [0.05, 0.1) is 6.61 Å². The summed E-state index contributed by atoms with van der Waals surface area (Å²) in [6.45, 7) is 14.8. The number of amides is 3. The number of carbonyl (C=O) groups excluding carboxylic acids is 2. The Morgan fingerprint density at radius 1 is 0.865 bits per heavy atom. The van der Waals surface area contributed by atoms with Crippen LogP contribution in [-0.4, -0.2) is 60.3 Å². The summed E-state index contributed by atoms with van der Waals surface area (Å²) in [5.74, 6) is 0.929. The van der Waals surface area contributed by atoms with Crippen molar-refractivity contribution in [2.24, 2.45) is 0 Å². The minimum atomic E-state index is -0.524. The zero-order valence-electron chi connectivity index (χ0n) is 23.3. The van der Waals surface area contributed by atoms with Crippen molar-refractivity contribution in [1.29, 1.82) is 0 Å². The van der Waals surface area contributed by atoms with Gasteiger partial charge in [0.15, 0.2) is 0 Å². The van der Waals surface area contributed by atoms with Crippen molar-refractivity contribution in [3.05, 3.63) is 59.7 Å². The highest BCUT2D eigenvalue weighted by atomic mass is 16.6. The molecule has 1 aliphatic rings. The Bertz CT molecular complexity index is 1030. The maximum Gasteiger partial charge on any atom is 0.410 e. The van der Waals surface area contributed by atoms with Crippen LogP contribution in [0.2, 0.25) is 0 Å². The third-order valence-corrected chi connectivity index (χ3v) is 6.25. The van der Waals surface area contributed by atoms with E-state index in [4.69, 9.17) is 9.47 Å². The van der Waals surface area contributed by atoms with Gasteiger partial charge in [0, 0.05) is 31.9 Å². The van der Waals surface area contributed by atoms with E-state index in [2.05, 4.69) is 56.4 Å². The number of unbranched alkanes of at least 4 members (excludes halogenated alkanes) is 1. The van der Waals surface area contributed by atoms with Crippen molar-refractivity contribution < 1.29 is 19.1 Å². The minimum Gasteiger partial charge on any atom is -0.494 e. The van der Waals surface area contributed by atoms with E-state index in [1.807, 2.05) is 39.0 Å². The predicted octanol–water partition coefficient (Wildman–Crippen LogP) is 6.47. The van der Waals surface area contributed by atoms with E-state index in [1.165, 1.54) is 11.1 Å². The summed E-state index contributed by atoms with van der Waals surface area (Å²) in [7, 11) is 0. The fourth-order valence-corrected chi connectivity index (χ4v) is 4.05. The monoisotopic (exact) mass is 509 g/mol. The van der Waals surface area contributed by atoms with Crippen molar-refractivity contribution in [3.63, 3.8) is 0 Å². The quantitative estimate of drug-likeness (QED) is 0.434. The number of hydrogen-bond donors (Lipinski definition) is 1. The van der Waals surface area contributed by atoms with E-state index in [0.29, 0.717) is 32.8 Å². The molecular formula is C30H43N3O4. The Balaban J connectivity index is 1.35. The fraction of sp³-hybridized carbons (Fsp3) is 0.533. The number of urea groups is 1. The van der Waals surface area contributed by atoms with Gasteiger partial charge in [-0.15, -0.1) is 0 Å². The molecule has 0 aromatic heterocycles. The molecule has 1 heterocycles. The molecule has 1 fully saturated rings. The van der Waals surface area contributed by atoms with Gasteiger partial charge < -0.3 is 24.6 Å². The van der Waals surface area contributed by atoms with Crippen LogP contribution in [0.25, 0.3) is 0 Å². The zero-order chi connectivity index (χ0) is 27.1. The van der Waals surface area contributed by atoms with Crippen LogP contribution in [0.4, 0.5) is 15.3 Å². The van der Waals surface area contributed by atoms with Gasteiger partial charge in [-0.25, -0.2) is 9.59 Å². The molecule has 0 radical (unpaired) electrons. The summed E-state index contributed by atoms with van der Waals surface area (Å²) in [6, 6.07) is 16.2. The number of aryl methyl sites for hydroxylation is 1. The van der Waals surface area contributed by atoms with Crippen LogP contribution < -0.4 is 10.1 Å². The molecule has 1 N–H and O–H groups in total. The van der Waals surface area contributed by atoms with E-state index in [1.54, 1.807) is 9.80 Å². The second-order valence-electron chi connectivity index (χ2n) is 11.7. The molecule has 0 saturated carbocycles. The number of rotatable bonds is 7. The molecule has 2 aromatic carbocycles. The Labute approximate surface area is 222 Å². The Morgan fingerprint density at radius 3 is 2.14 bits per heavy atom. The summed E-state index contributed by atoms with van der Waals surface area (Å²) >= 11 is 0. The molecule has 3 amide bonds. The molecular weight excluding hydrogens is 466 g/mol. The van der Waals surface area contributed by atoms with Crippen molar-refractivity contribution in [2.45, 2.75) is 71.8 Å². The maximum atomic E-state index is 12.7. The Kier molecular flexibility index (Phi) is 9.46. The fourth-order valence-electron chi connectivity index (χ4n) is 4.05. The average molecular weight is 510 g/mol. The standard InChI is InChI=1S/C30H43N3O4/c1-29(2,3)24-11-9-12-26(22-24)36-21-8-7-10-23-13-15-25(16-14-23)31-27(34)32-17-19-33(20-18-32)28(35)37-30(4,5)6/h9,11-16,22H,7-8,10,17-21H2,1-6H3,(H,31,34). The van der Waals surface area contributed by atoms with Gasteiger partial charge in [-0.3, -0.25) is 0 Å². The maximum absolute atomic E-state index is 12.7. The van der Waals surface area contributed by atoms with Crippen LogP contribution >= 0.6 is 0 Å². The first kappa shape index (κ1) is 28.4. The molecule has 0 atom stereocenters. The molecule has 1 saturated heterocycles. The van der Waals surface area contributed by atoms with Crippen LogP contribution in [0, 0.1) is 0 Å². The molecule has 0 aliphatic carbocycles. The van der Waals surface area contributed by atoms with Gasteiger partial charge in [0.25, 0.3) is 0 Å². The van der Waals surface area contributed by atoms with Crippen molar-refractivity contribution >= 4 is 17.8 Å². The molecule has 7 heteroatoms. The smallest absolute Gasteiger partial charge is 0.410 e. The first-order valence-electron chi connectivity index (χ1n) is 13.3.